The first kappa shape index (κ1) is 21.8. The molecule has 2 N–H and O–H groups in total. The summed E-state index contributed by atoms with van der Waals surface area (Å²) in [6.45, 7) is 1.68. The number of nitrogens with zero attached hydrogens (tertiary/aromatic N) is 2. The van der Waals surface area contributed by atoms with Crippen molar-refractivity contribution < 1.29 is 22.7 Å². The molecule has 0 fully saturated rings. The number of ether oxygens (including phenoxy) is 1. The van der Waals surface area contributed by atoms with Gasteiger partial charge >= 0.3 is 0 Å². The largest absolute Gasteiger partial charge is 0.495 e. The van der Waals surface area contributed by atoms with Gasteiger partial charge in [-0.1, -0.05) is 17.7 Å². The van der Waals surface area contributed by atoms with E-state index in [1.807, 2.05) is 0 Å². The van der Waals surface area contributed by atoms with Crippen LogP contribution in [-0.2, 0) is 14.8 Å². The number of aryl methyl sites for hydroxylation is 1. The molecule has 0 saturated heterocycles. The van der Waals surface area contributed by atoms with Crippen molar-refractivity contribution in [2.24, 2.45) is 0 Å². The molecular formula is C21H19ClN4O5S. The second-order valence-corrected chi connectivity index (χ2v) is 9.23. The summed E-state index contributed by atoms with van der Waals surface area (Å²) < 4.78 is 35.2. The maximum absolute atomic E-state index is 13.2. The molecule has 0 spiro atoms. The minimum Gasteiger partial charge on any atom is -0.495 e. The van der Waals surface area contributed by atoms with E-state index in [-0.39, 0.29) is 41.1 Å². The number of rotatable bonds is 5. The number of carbonyl (C=O) groups is 2. The highest BCUT2D eigenvalue weighted by Gasteiger charge is 2.28. The number of halogens is 1. The van der Waals surface area contributed by atoms with Crippen molar-refractivity contribution in [3.05, 3.63) is 53.2 Å². The van der Waals surface area contributed by atoms with Crippen molar-refractivity contribution in [2.45, 2.75) is 24.7 Å². The van der Waals surface area contributed by atoms with E-state index in [1.165, 1.54) is 19.2 Å². The maximum atomic E-state index is 13.2. The van der Waals surface area contributed by atoms with Crippen molar-refractivity contribution in [3.8, 4) is 16.9 Å². The summed E-state index contributed by atoms with van der Waals surface area (Å²) >= 11 is 5.87. The fourth-order valence-electron chi connectivity index (χ4n) is 3.46. The molecule has 3 aromatic rings. The summed E-state index contributed by atoms with van der Waals surface area (Å²) in [4.78, 5) is 24.4. The molecule has 1 amide bonds. The van der Waals surface area contributed by atoms with Crippen LogP contribution in [0.5, 0.6) is 5.75 Å². The SMILES string of the molecule is COc1ccc(-c2c(C)nn3c2NC(=O)CCC3=O)cc1S(=O)(=O)Nc1ccc(Cl)cc1. The predicted molar refractivity (Wildman–Crippen MR) is 120 cm³/mol. The molecular weight excluding hydrogens is 456 g/mol. The van der Waals surface area contributed by atoms with Gasteiger partial charge in [0.05, 0.1) is 12.8 Å². The monoisotopic (exact) mass is 474 g/mol. The number of benzene rings is 2. The molecule has 0 atom stereocenters. The smallest absolute Gasteiger partial charge is 0.265 e. The Bertz CT molecular complexity index is 1330. The first-order valence-electron chi connectivity index (χ1n) is 9.59. The molecule has 0 bridgehead atoms. The zero-order valence-electron chi connectivity index (χ0n) is 17.2. The van der Waals surface area contributed by atoms with Crippen LogP contribution in [0, 0.1) is 6.92 Å². The van der Waals surface area contributed by atoms with Gasteiger partial charge in [-0.05, 0) is 48.9 Å². The number of anilines is 2. The third-order valence-corrected chi connectivity index (χ3v) is 6.61. The van der Waals surface area contributed by atoms with Crippen LogP contribution in [0.25, 0.3) is 11.1 Å². The van der Waals surface area contributed by atoms with Gasteiger partial charge in [0.2, 0.25) is 11.8 Å². The van der Waals surface area contributed by atoms with Crippen molar-refractivity contribution in [1.29, 1.82) is 0 Å². The Morgan fingerprint density at radius 3 is 2.53 bits per heavy atom. The second kappa shape index (κ2) is 8.29. The molecule has 11 heteroatoms. The first-order chi connectivity index (χ1) is 15.2. The second-order valence-electron chi connectivity index (χ2n) is 7.14. The zero-order valence-corrected chi connectivity index (χ0v) is 18.7. The highest BCUT2D eigenvalue weighted by molar-refractivity contribution is 7.92. The Kier molecular flexibility index (Phi) is 5.66. The maximum Gasteiger partial charge on any atom is 0.265 e. The van der Waals surface area contributed by atoms with Crippen molar-refractivity contribution in [1.82, 2.24) is 9.78 Å². The molecule has 1 aliphatic heterocycles. The summed E-state index contributed by atoms with van der Waals surface area (Å²) in [5.74, 6) is -0.289. The van der Waals surface area contributed by atoms with Gasteiger partial charge < -0.3 is 10.1 Å². The summed E-state index contributed by atoms with van der Waals surface area (Å²) in [5, 5.41) is 7.44. The number of carbonyl (C=O) groups excluding carboxylic acids is 2. The predicted octanol–water partition coefficient (Wildman–Crippen LogP) is 3.69. The van der Waals surface area contributed by atoms with Crippen LogP contribution >= 0.6 is 11.6 Å². The van der Waals surface area contributed by atoms with E-state index in [4.69, 9.17) is 16.3 Å². The number of sulfonamides is 1. The van der Waals surface area contributed by atoms with Gasteiger partial charge in [0.15, 0.2) is 0 Å². The van der Waals surface area contributed by atoms with Crippen LogP contribution < -0.4 is 14.8 Å². The number of fused-ring (bicyclic) bond motifs is 1. The number of nitrogens with one attached hydrogen (secondary N) is 2. The van der Waals surface area contributed by atoms with Gasteiger partial charge in [-0.15, -0.1) is 0 Å². The van der Waals surface area contributed by atoms with Crippen molar-refractivity contribution in [3.63, 3.8) is 0 Å². The number of methoxy groups -OCH3 is 1. The van der Waals surface area contributed by atoms with Gasteiger partial charge in [0, 0.05) is 29.1 Å². The lowest BCUT2D eigenvalue weighted by atomic mass is 10.1. The lowest BCUT2D eigenvalue weighted by molar-refractivity contribution is -0.116. The van der Waals surface area contributed by atoms with E-state index < -0.39 is 10.0 Å². The third-order valence-electron chi connectivity index (χ3n) is 4.96. The van der Waals surface area contributed by atoms with E-state index in [1.54, 1.807) is 37.3 Å². The van der Waals surface area contributed by atoms with E-state index in [0.717, 1.165) is 4.68 Å². The topological polar surface area (TPSA) is 119 Å². The Hall–Kier alpha value is -3.37. The summed E-state index contributed by atoms with van der Waals surface area (Å²) in [6, 6.07) is 10.8. The lowest BCUT2D eigenvalue weighted by Gasteiger charge is -2.14. The molecule has 0 unspecified atom stereocenters. The Morgan fingerprint density at radius 2 is 1.84 bits per heavy atom. The molecule has 0 aliphatic carbocycles. The molecule has 0 saturated carbocycles. The average Bonchev–Trinajstić information content (AvgIpc) is 3.01. The minimum absolute atomic E-state index is 0.0344. The van der Waals surface area contributed by atoms with Gasteiger partial charge in [0.1, 0.15) is 16.5 Å². The van der Waals surface area contributed by atoms with Gasteiger partial charge in [0.25, 0.3) is 10.0 Å². The minimum atomic E-state index is -4.04. The molecule has 166 valence electrons. The number of aromatic nitrogens is 2. The van der Waals surface area contributed by atoms with Gasteiger partial charge in [-0.3, -0.25) is 14.3 Å². The summed E-state index contributed by atoms with van der Waals surface area (Å²) in [7, 11) is -2.68. The average molecular weight is 475 g/mol. The van der Waals surface area contributed by atoms with Crippen LogP contribution in [0.1, 0.15) is 23.3 Å². The van der Waals surface area contributed by atoms with Crippen LogP contribution in [0.3, 0.4) is 0 Å². The molecule has 9 nitrogen and oxygen atoms in total. The fraction of sp³-hybridized carbons (Fsp3) is 0.190. The number of hydrogen-bond donors (Lipinski definition) is 2. The molecule has 32 heavy (non-hydrogen) atoms. The van der Waals surface area contributed by atoms with E-state index in [0.29, 0.717) is 27.5 Å². The third kappa shape index (κ3) is 4.06. The molecule has 2 heterocycles. The highest BCUT2D eigenvalue weighted by Crippen LogP contribution is 2.37. The van der Waals surface area contributed by atoms with E-state index in [9.17, 15) is 18.0 Å². The standard InChI is InChI=1S/C21H19ClN4O5S/c1-12-20(21-23-18(27)9-10-19(28)26(21)24-12)13-3-8-16(31-2)17(11-13)32(29,30)25-15-6-4-14(22)5-7-15/h3-8,11,25H,9-10H2,1-2H3,(H,23,27). The molecule has 0 radical (unpaired) electrons. The first-order valence-corrected chi connectivity index (χ1v) is 11.4. The molecule has 2 aromatic carbocycles. The zero-order chi connectivity index (χ0) is 23.0. The fourth-order valence-corrected chi connectivity index (χ4v) is 4.84. The number of amides is 1. The van der Waals surface area contributed by atoms with Crippen molar-refractivity contribution in [2.75, 3.05) is 17.1 Å². The molecule has 4 rings (SSSR count). The van der Waals surface area contributed by atoms with E-state index in [2.05, 4.69) is 15.1 Å². The lowest BCUT2D eigenvalue weighted by Crippen LogP contribution is -2.14. The van der Waals surface area contributed by atoms with Gasteiger partial charge in [-0.2, -0.15) is 9.78 Å². The Morgan fingerprint density at radius 1 is 1.12 bits per heavy atom. The molecule has 1 aliphatic rings. The van der Waals surface area contributed by atoms with Crippen LogP contribution in [-0.4, -0.2) is 37.1 Å². The molecule has 1 aromatic heterocycles. The van der Waals surface area contributed by atoms with E-state index >= 15 is 0 Å². The van der Waals surface area contributed by atoms with Crippen LogP contribution in [0.4, 0.5) is 11.5 Å². The quantitative estimate of drug-likeness (QED) is 0.582. The Labute approximate surface area is 189 Å². The number of hydrogen-bond acceptors (Lipinski definition) is 6. The van der Waals surface area contributed by atoms with Gasteiger partial charge in [-0.25, -0.2) is 8.42 Å². The summed E-state index contributed by atoms with van der Waals surface area (Å²) in [6.07, 6.45) is 0.0839. The normalized spacial score (nSPS) is 13.8. The Balaban J connectivity index is 1.82. The van der Waals surface area contributed by atoms with Crippen LogP contribution in [0.2, 0.25) is 5.02 Å². The van der Waals surface area contributed by atoms with Crippen molar-refractivity contribution >= 4 is 44.9 Å². The summed E-state index contributed by atoms with van der Waals surface area (Å²) in [5.41, 5.74) is 1.71. The highest BCUT2D eigenvalue weighted by atomic mass is 35.5. The van der Waals surface area contributed by atoms with Crippen LogP contribution in [0.15, 0.2) is 47.4 Å².